The quantitative estimate of drug-likeness (QED) is 0.148. The highest BCUT2D eigenvalue weighted by molar-refractivity contribution is 7.83. The fourth-order valence-electron chi connectivity index (χ4n) is 0.667. The average molecular weight is 444 g/mol. The number of alkyl halides is 6. The van der Waals surface area contributed by atoms with Gasteiger partial charge in [-0.15, -0.1) is 0 Å². The molecule has 26 heavy (non-hydrogen) atoms. The lowest BCUT2D eigenvalue weighted by Gasteiger charge is -2.21. The summed E-state index contributed by atoms with van der Waals surface area (Å²) < 4.78 is 135. The maximum atomic E-state index is 12.6. The maximum absolute atomic E-state index is 12.6. The smallest absolute Gasteiger partial charge is 0.395 e. The van der Waals surface area contributed by atoms with E-state index >= 15 is 0 Å². The van der Waals surface area contributed by atoms with Crippen LogP contribution in [0.5, 0.6) is 0 Å². The Kier molecular flexibility index (Phi) is 9.74. The van der Waals surface area contributed by atoms with Gasteiger partial charge in [-0.2, -0.15) is 38.8 Å². The third-order valence-corrected chi connectivity index (χ3v) is 2.12. The first kappa shape index (κ1) is 26.8. The van der Waals surface area contributed by atoms with E-state index in [0.29, 0.717) is 0 Å². The van der Waals surface area contributed by atoms with Gasteiger partial charge in [0.05, 0.1) is 6.42 Å². The summed E-state index contributed by atoms with van der Waals surface area (Å²) >= 11 is 0. The highest BCUT2D eigenvalue weighted by Crippen LogP contribution is 2.33. The molecule has 0 aliphatic carbocycles. The molecule has 0 aromatic rings. The van der Waals surface area contributed by atoms with Crippen LogP contribution in [0.1, 0.15) is 13.3 Å². The molecule has 1 unspecified atom stereocenters. The number of halogens is 6. The summed E-state index contributed by atoms with van der Waals surface area (Å²) in [6.45, 7) is 3.92. The summed E-state index contributed by atoms with van der Waals surface area (Å²) in [5, 5.41) is 0. The molecule has 0 aromatic heterocycles. The van der Waals surface area contributed by atoms with Crippen molar-refractivity contribution >= 4 is 26.8 Å². The number of carbonyl (C=O) groups excluding carboxylic acids is 1. The number of hydrogen-bond acceptors (Lipinski definition) is 8. The van der Waals surface area contributed by atoms with Gasteiger partial charge in [0, 0.05) is 5.57 Å². The molecule has 0 saturated carbocycles. The normalized spacial score (nSPS) is 14.0. The van der Waals surface area contributed by atoms with Crippen LogP contribution in [0.2, 0.25) is 0 Å². The Balaban J connectivity index is 0. The van der Waals surface area contributed by atoms with E-state index in [0.717, 1.165) is 6.92 Å². The first-order valence-corrected chi connectivity index (χ1v) is 8.19. The SMILES string of the molecule is C=C(C)C(=O)OC(F)(F)C(F)CC(F)(F)F.O=S(=O)(O)OOS(=O)(=O)O. The molecule has 156 valence electrons. The highest BCUT2D eigenvalue weighted by atomic mass is 32.3. The van der Waals surface area contributed by atoms with Gasteiger partial charge in [0.2, 0.25) is 6.17 Å². The van der Waals surface area contributed by atoms with E-state index in [9.17, 15) is 48.0 Å². The molecule has 0 spiro atoms. The minimum Gasteiger partial charge on any atom is -0.395 e. The Morgan fingerprint density at radius 3 is 1.62 bits per heavy atom. The van der Waals surface area contributed by atoms with Crippen molar-refractivity contribution in [2.75, 3.05) is 0 Å². The number of carbonyl (C=O) groups is 1. The molecule has 0 heterocycles. The van der Waals surface area contributed by atoms with Crippen molar-refractivity contribution < 1.29 is 70.5 Å². The van der Waals surface area contributed by atoms with Gasteiger partial charge < -0.3 is 4.74 Å². The van der Waals surface area contributed by atoms with Crippen molar-refractivity contribution in [2.24, 2.45) is 0 Å². The molecule has 0 amide bonds. The molecule has 0 aliphatic rings. The van der Waals surface area contributed by atoms with Crippen LogP contribution in [0, 0.1) is 0 Å². The zero-order valence-corrected chi connectivity index (χ0v) is 13.9. The van der Waals surface area contributed by atoms with Crippen LogP contribution in [0.15, 0.2) is 12.2 Å². The summed E-state index contributed by atoms with van der Waals surface area (Å²) in [6.07, 6.45) is -16.0. The molecule has 0 fully saturated rings. The Hall–Kier alpha value is -1.47. The van der Waals surface area contributed by atoms with Crippen LogP contribution in [0.4, 0.5) is 26.3 Å². The minimum atomic E-state index is -5.11. The van der Waals surface area contributed by atoms with Gasteiger partial charge in [0.15, 0.2) is 0 Å². The largest absolute Gasteiger partial charge is 0.432 e. The first-order chi connectivity index (χ1) is 11.2. The van der Waals surface area contributed by atoms with E-state index in [4.69, 9.17) is 9.11 Å². The van der Waals surface area contributed by atoms with Crippen molar-refractivity contribution in [3.8, 4) is 0 Å². The lowest BCUT2D eigenvalue weighted by molar-refractivity contribution is -0.275. The molecule has 0 radical (unpaired) electrons. The van der Waals surface area contributed by atoms with Crippen LogP contribution >= 0.6 is 0 Å². The zero-order valence-electron chi connectivity index (χ0n) is 12.2. The molecule has 0 saturated heterocycles. The van der Waals surface area contributed by atoms with Crippen LogP contribution in [0.3, 0.4) is 0 Å². The third kappa shape index (κ3) is 16.0. The molecular weight excluding hydrogens is 434 g/mol. The predicted molar refractivity (Wildman–Crippen MR) is 66.7 cm³/mol. The fraction of sp³-hybridized carbons (Fsp3) is 0.625. The van der Waals surface area contributed by atoms with Crippen molar-refractivity contribution in [1.29, 1.82) is 0 Å². The Morgan fingerprint density at radius 2 is 1.38 bits per heavy atom. The summed E-state index contributed by atoms with van der Waals surface area (Å²) in [7, 11) is -10.0. The average Bonchev–Trinajstić information content (AvgIpc) is 2.33. The van der Waals surface area contributed by atoms with Crippen molar-refractivity contribution in [3.63, 3.8) is 0 Å². The second-order valence-corrected chi connectivity index (χ2v) is 5.99. The lowest BCUT2D eigenvalue weighted by Crippen LogP contribution is -2.38. The number of hydrogen-bond donors (Lipinski definition) is 2. The van der Waals surface area contributed by atoms with Gasteiger partial charge in [-0.1, -0.05) is 15.2 Å². The van der Waals surface area contributed by atoms with Gasteiger partial charge >= 0.3 is 39.1 Å². The molecule has 0 rings (SSSR count). The fourth-order valence-corrected chi connectivity index (χ4v) is 1.23. The van der Waals surface area contributed by atoms with Gasteiger partial charge in [-0.05, 0) is 6.92 Å². The molecule has 10 nitrogen and oxygen atoms in total. The van der Waals surface area contributed by atoms with Crippen LogP contribution in [0.25, 0.3) is 0 Å². The first-order valence-electron chi connectivity index (χ1n) is 5.46. The summed E-state index contributed by atoms with van der Waals surface area (Å²) in [5.41, 5.74) is -0.473. The maximum Gasteiger partial charge on any atom is 0.432 e. The molecule has 18 heteroatoms. The number of esters is 1. The molecular formula is C8H10F6O10S2. The molecule has 1 atom stereocenters. The lowest BCUT2D eigenvalue weighted by atomic mass is 10.2. The van der Waals surface area contributed by atoms with Gasteiger partial charge in [0.25, 0.3) is 0 Å². The third-order valence-electron chi connectivity index (χ3n) is 1.55. The topological polar surface area (TPSA) is 154 Å². The van der Waals surface area contributed by atoms with E-state index in [2.05, 4.69) is 20.0 Å². The Labute approximate surface area is 142 Å². The van der Waals surface area contributed by atoms with Crippen LogP contribution in [-0.4, -0.2) is 50.4 Å². The second-order valence-electron chi connectivity index (χ2n) is 4.01. The van der Waals surface area contributed by atoms with E-state index in [1.54, 1.807) is 0 Å². The molecule has 0 aliphatic heterocycles. The molecule has 0 bridgehead atoms. The van der Waals surface area contributed by atoms with E-state index < -0.39 is 57.2 Å². The Morgan fingerprint density at radius 1 is 1.04 bits per heavy atom. The van der Waals surface area contributed by atoms with Gasteiger partial charge in [-0.3, -0.25) is 9.11 Å². The molecule has 0 aromatic carbocycles. The second kappa shape index (κ2) is 9.46. The summed E-state index contributed by atoms with van der Waals surface area (Å²) in [5.74, 6) is -1.66. The summed E-state index contributed by atoms with van der Waals surface area (Å²) in [6, 6.07) is 0. The van der Waals surface area contributed by atoms with Crippen molar-refractivity contribution in [1.82, 2.24) is 0 Å². The Bertz CT molecular complexity index is 666. The van der Waals surface area contributed by atoms with Gasteiger partial charge in [-0.25, -0.2) is 9.18 Å². The van der Waals surface area contributed by atoms with Crippen molar-refractivity contribution in [3.05, 3.63) is 12.2 Å². The minimum absolute atomic E-state index is 0.473. The van der Waals surface area contributed by atoms with E-state index in [-0.39, 0.29) is 0 Å². The summed E-state index contributed by atoms with van der Waals surface area (Å²) in [4.78, 5) is 10.6. The van der Waals surface area contributed by atoms with E-state index in [1.165, 1.54) is 0 Å². The van der Waals surface area contributed by atoms with Crippen LogP contribution in [-0.2, 0) is 39.0 Å². The standard InChI is InChI=1S/C8H8F6O2.H2O8S2/c1-4(2)6(15)16-8(13,14)5(9)3-7(10,11)12;1-9(2,3)7-8-10(4,5)6/h5H,1,3H2,2H3;(H,1,2,3)(H,4,5,6). The highest BCUT2D eigenvalue weighted by Gasteiger charge is 2.50. The van der Waals surface area contributed by atoms with E-state index in [1.807, 2.05) is 0 Å². The van der Waals surface area contributed by atoms with Gasteiger partial charge in [0.1, 0.15) is 0 Å². The monoisotopic (exact) mass is 444 g/mol. The van der Waals surface area contributed by atoms with Crippen LogP contribution < -0.4 is 0 Å². The predicted octanol–water partition coefficient (Wildman–Crippen LogP) is 1.53. The van der Waals surface area contributed by atoms with Crippen molar-refractivity contribution in [2.45, 2.75) is 31.8 Å². The number of rotatable bonds is 7. The molecule has 2 N–H and O–H groups in total. The zero-order chi connectivity index (χ0) is 21.6. The number of ether oxygens (including phenoxy) is 1.